The van der Waals surface area contributed by atoms with Crippen LogP contribution in [0.3, 0.4) is 0 Å². The first-order chi connectivity index (χ1) is 4.93. The van der Waals surface area contributed by atoms with E-state index in [1.807, 2.05) is 6.07 Å². The van der Waals surface area contributed by atoms with Crippen LogP contribution in [0.25, 0.3) is 0 Å². The monoisotopic (exact) mass is 133 g/mol. The van der Waals surface area contributed by atoms with E-state index in [9.17, 15) is 0 Å². The van der Waals surface area contributed by atoms with Crippen molar-refractivity contribution in [3.8, 4) is 17.9 Å². The molecule has 0 heterocycles. The fourth-order valence-electron chi connectivity index (χ4n) is 1.45. The van der Waals surface area contributed by atoms with Crippen LogP contribution in [0.1, 0.15) is 32.1 Å². The van der Waals surface area contributed by atoms with Gasteiger partial charge in [0.1, 0.15) is 0 Å². The zero-order chi connectivity index (χ0) is 7.23. The Bertz CT molecular complexity index is 183. The smallest absolute Gasteiger partial charge is 0.152 e. The molecule has 0 aromatic heterocycles. The van der Waals surface area contributed by atoms with E-state index >= 15 is 0 Å². The van der Waals surface area contributed by atoms with Crippen LogP contribution < -0.4 is 0 Å². The second-order valence-corrected chi connectivity index (χ2v) is 2.77. The third-order valence-corrected chi connectivity index (χ3v) is 2.01. The predicted octanol–water partition coefficient (Wildman–Crippen LogP) is 2.09. The van der Waals surface area contributed by atoms with Crippen LogP contribution in [0.2, 0.25) is 0 Å². The molecule has 10 heavy (non-hydrogen) atoms. The second kappa shape index (κ2) is 3.96. The number of nitriles is 1. The molecular weight excluding hydrogens is 122 g/mol. The zero-order valence-corrected chi connectivity index (χ0v) is 6.06. The molecule has 0 unspecified atom stereocenters. The third kappa shape index (κ3) is 2.11. The van der Waals surface area contributed by atoms with Crippen LogP contribution in [0, 0.1) is 29.1 Å². The lowest BCUT2D eigenvalue weighted by atomic mass is 10.1. The van der Waals surface area contributed by atoms with Crippen molar-refractivity contribution in [3.05, 3.63) is 0 Å². The van der Waals surface area contributed by atoms with Gasteiger partial charge in [0.25, 0.3) is 0 Å². The highest BCUT2D eigenvalue weighted by Gasteiger charge is 2.12. The van der Waals surface area contributed by atoms with Crippen molar-refractivity contribution < 1.29 is 0 Å². The van der Waals surface area contributed by atoms with Crippen LogP contribution in [-0.4, -0.2) is 0 Å². The van der Waals surface area contributed by atoms with E-state index in [2.05, 4.69) is 11.8 Å². The largest absolute Gasteiger partial charge is 0.183 e. The maximum atomic E-state index is 8.12. The fraction of sp³-hybridized carbons (Fsp3) is 0.667. The lowest BCUT2D eigenvalue weighted by molar-refractivity contribution is 0.567. The van der Waals surface area contributed by atoms with Crippen LogP contribution in [0.15, 0.2) is 0 Å². The van der Waals surface area contributed by atoms with E-state index in [1.54, 1.807) is 0 Å². The molecule has 0 saturated heterocycles. The summed E-state index contributed by atoms with van der Waals surface area (Å²) in [5.74, 6) is 6.09. The van der Waals surface area contributed by atoms with Gasteiger partial charge in [0.05, 0.1) is 0 Å². The predicted molar refractivity (Wildman–Crippen MR) is 40.0 cm³/mol. The standard InChI is InChI=1S/C9H11N/c10-8-4-3-7-9-5-1-2-6-9/h9H,1-2,5-7H2. The first-order valence-corrected chi connectivity index (χ1v) is 3.80. The minimum Gasteiger partial charge on any atom is -0.183 e. The molecule has 0 spiro atoms. The number of rotatable bonds is 1. The highest BCUT2D eigenvalue weighted by Crippen LogP contribution is 2.26. The van der Waals surface area contributed by atoms with Crippen LogP contribution in [0.4, 0.5) is 0 Å². The molecule has 0 aliphatic heterocycles. The Morgan fingerprint density at radius 3 is 2.60 bits per heavy atom. The Morgan fingerprint density at radius 1 is 1.30 bits per heavy atom. The molecule has 0 aromatic rings. The summed E-state index contributed by atoms with van der Waals surface area (Å²) in [5.41, 5.74) is 0. The SMILES string of the molecule is N#CC#CCC1CCCC1. The minimum absolute atomic E-state index is 0.792. The number of nitrogens with zero attached hydrogens (tertiary/aromatic N) is 1. The maximum Gasteiger partial charge on any atom is 0.152 e. The summed E-state index contributed by atoms with van der Waals surface area (Å²) >= 11 is 0. The van der Waals surface area contributed by atoms with E-state index in [0.717, 1.165) is 12.3 Å². The molecule has 1 nitrogen and oxygen atoms in total. The van der Waals surface area contributed by atoms with Gasteiger partial charge >= 0.3 is 0 Å². The van der Waals surface area contributed by atoms with Gasteiger partial charge in [-0.15, -0.1) is 0 Å². The lowest BCUT2D eigenvalue weighted by Crippen LogP contribution is -1.88. The van der Waals surface area contributed by atoms with Gasteiger partial charge in [-0.2, -0.15) is 5.26 Å². The van der Waals surface area contributed by atoms with E-state index in [4.69, 9.17) is 5.26 Å². The van der Waals surface area contributed by atoms with Crippen molar-refractivity contribution in [2.45, 2.75) is 32.1 Å². The van der Waals surface area contributed by atoms with E-state index < -0.39 is 0 Å². The lowest BCUT2D eigenvalue weighted by Gasteiger charge is -1.99. The normalized spacial score (nSPS) is 17.5. The number of hydrogen-bond donors (Lipinski definition) is 0. The number of hydrogen-bond acceptors (Lipinski definition) is 1. The molecule has 1 saturated carbocycles. The Morgan fingerprint density at radius 2 is 2.00 bits per heavy atom. The van der Waals surface area contributed by atoms with Gasteiger partial charge in [0.2, 0.25) is 0 Å². The Balaban J connectivity index is 2.20. The van der Waals surface area contributed by atoms with Crippen LogP contribution >= 0.6 is 0 Å². The van der Waals surface area contributed by atoms with Crippen molar-refractivity contribution in [1.82, 2.24) is 0 Å². The van der Waals surface area contributed by atoms with E-state index in [0.29, 0.717) is 0 Å². The van der Waals surface area contributed by atoms with Gasteiger partial charge < -0.3 is 0 Å². The van der Waals surface area contributed by atoms with Crippen molar-refractivity contribution in [3.63, 3.8) is 0 Å². The maximum absolute atomic E-state index is 8.12. The Kier molecular flexibility index (Phi) is 2.84. The van der Waals surface area contributed by atoms with Crippen molar-refractivity contribution >= 4 is 0 Å². The molecule has 1 heteroatoms. The van der Waals surface area contributed by atoms with Gasteiger partial charge in [-0.1, -0.05) is 18.8 Å². The summed E-state index contributed by atoms with van der Waals surface area (Å²) < 4.78 is 0. The van der Waals surface area contributed by atoms with Crippen molar-refractivity contribution in [1.29, 1.82) is 5.26 Å². The first kappa shape index (κ1) is 7.16. The van der Waals surface area contributed by atoms with Crippen molar-refractivity contribution in [2.24, 2.45) is 5.92 Å². The van der Waals surface area contributed by atoms with E-state index in [-0.39, 0.29) is 0 Å². The minimum atomic E-state index is 0.792. The summed E-state index contributed by atoms with van der Waals surface area (Å²) in [7, 11) is 0. The Labute approximate surface area is 62.0 Å². The summed E-state index contributed by atoms with van der Waals surface area (Å²) in [6.45, 7) is 0. The van der Waals surface area contributed by atoms with Gasteiger partial charge in [-0.25, -0.2) is 0 Å². The highest BCUT2D eigenvalue weighted by atomic mass is 14.2. The molecule has 0 radical (unpaired) electrons. The van der Waals surface area contributed by atoms with Gasteiger partial charge in [-0.3, -0.25) is 0 Å². The molecule has 0 bridgehead atoms. The summed E-state index contributed by atoms with van der Waals surface area (Å²) in [5, 5.41) is 8.12. The third-order valence-electron chi connectivity index (χ3n) is 2.01. The molecule has 52 valence electrons. The van der Waals surface area contributed by atoms with E-state index in [1.165, 1.54) is 25.7 Å². The van der Waals surface area contributed by atoms with Gasteiger partial charge in [-0.05, 0) is 18.8 Å². The molecule has 1 aliphatic carbocycles. The van der Waals surface area contributed by atoms with Gasteiger partial charge in [0.15, 0.2) is 6.07 Å². The molecule has 0 N–H and O–H groups in total. The molecule has 0 aromatic carbocycles. The average Bonchev–Trinajstić information content (AvgIpc) is 2.41. The molecule has 0 atom stereocenters. The molecular formula is C9H11N. The summed E-state index contributed by atoms with van der Waals surface area (Å²) in [6.07, 6.45) is 6.30. The van der Waals surface area contributed by atoms with Crippen molar-refractivity contribution in [2.75, 3.05) is 0 Å². The topological polar surface area (TPSA) is 23.8 Å². The molecule has 1 fully saturated rings. The first-order valence-electron chi connectivity index (χ1n) is 3.80. The zero-order valence-electron chi connectivity index (χ0n) is 6.06. The van der Waals surface area contributed by atoms with Crippen LogP contribution in [-0.2, 0) is 0 Å². The van der Waals surface area contributed by atoms with Crippen LogP contribution in [0.5, 0.6) is 0 Å². The summed E-state index contributed by atoms with van der Waals surface area (Å²) in [6, 6.07) is 1.83. The molecule has 0 amide bonds. The van der Waals surface area contributed by atoms with Gasteiger partial charge in [0, 0.05) is 12.3 Å². The highest BCUT2D eigenvalue weighted by molar-refractivity contribution is 5.16. The fourth-order valence-corrected chi connectivity index (χ4v) is 1.45. The Hall–Kier alpha value is -0.950. The molecule has 1 aliphatic rings. The summed E-state index contributed by atoms with van der Waals surface area (Å²) in [4.78, 5) is 0. The second-order valence-electron chi connectivity index (χ2n) is 2.77. The average molecular weight is 133 g/mol. The quantitative estimate of drug-likeness (QED) is 0.502. The molecule has 1 rings (SSSR count).